The van der Waals surface area contributed by atoms with Crippen LogP contribution in [0.5, 0.6) is 0 Å². The summed E-state index contributed by atoms with van der Waals surface area (Å²) in [4.78, 5) is 16.4. The third-order valence-electron chi connectivity index (χ3n) is 3.80. The Labute approximate surface area is 145 Å². The molecule has 1 unspecified atom stereocenters. The topological polar surface area (TPSA) is 93.2 Å². The monoisotopic (exact) mass is 342 g/mol. The van der Waals surface area contributed by atoms with E-state index in [2.05, 4.69) is 20.8 Å². The Hall–Kier alpha value is -2.83. The van der Waals surface area contributed by atoms with Crippen LogP contribution in [0.2, 0.25) is 0 Å². The number of nitrogens with zero attached hydrogens (tertiary/aromatic N) is 2. The molecule has 7 heteroatoms. The zero-order valence-corrected chi connectivity index (χ0v) is 14.8. The number of fused-ring (bicyclic) bond motifs is 1. The summed E-state index contributed by atoms with van der Waals surface area (Å²) >= 11 is 0. The highest BCUT2D eigenvalue weighted by Gasteiger charge is 2.23. The molecule has 0 saturated carbocycles. The smallest absolute Gasteiger partial charge is 0.315 e. The second-order valence-electron chi connectivity index (χ2n) is 7.05. The fraction of sp³-hybridized carbons (Fsp3) is 0.389. The summed E-state index contributed by atoms with van der Waals surface area (Å²) in [7, 11) is 0. The Morgan fingerprint density at radius 1 is 1.28 bits per heavy atom. The van der Waals surface area contributed by atoms with E-state index in [-0.39, 0.29) is 17.5 Å². The van der Waals surface area contributed by atoms with Crippen molar-refractivity contribution in [3.05, 3.63) is 47.8 Å². The Morgan fingerprint density at radius 2 is 2.08 bits per heavy atom. The third-order valence-corrected chi connectivity index (χ3v) is 3.80. The van der Waals surface area contributed by atoms with Gasteiger partial charge in [-0.1, -0.05) is 32.0 Å². The summed E-state index contributed by atoms with van der Waals surface area (Å²) in [5.74, 6) is 1.00. The first-order valence-electron chi connectivity index (χ1n) is 8.17. The molecule has 2 aromatic heterocycles. The number of nitrogens with one attached hydrogen (secondary N) is 2. The number of carbonyl (C=O) groups is 1. The van der Waals surface area contributed by atoms with Crippen LogP contribution in [0.15, 0.2) is 39.5 Å². The number of rotatable bonds is 4. The predicted octanol–water partition coefficient (Wildman–Crippen LogP) is 3.67. The Morgan fingerprint density at radius 3 is 2.80 bits per heavy atom. The lowest BCUT2D eigenvalue weighted by molar-refractivity contribution is 0.233. The highest BCUT2D eigenvalue weighted by molar-refractivity contribution is 5.78. The molecule has 132 valence electrons. The number of aromatic nitrogens is 2. The fourth-order valence-electron chi connectivity index (χ4n) is 2.33. The lowest BCUT2D eigenvalue weighted by Crippen LogP contribution is -2.36. The van der Waals surface area contributed by atoms with Gasteiger partial charge in [0, 0.05) is 17.3 Å². The van der Waals surface area contributed by atoms with Crippen molar-refractivity contribution in [2.45, 2.75) is 45.7 Å². The lowest BCUT2D eigenvalue weighted by Gasteiger charge is -2.12. The van der Waals surface area contributed by atoms with Gasteiger partial charge in [0.15, 0.2) is 5.82 Å². The number of amides is 2. The molecule has 1 aromatic carbocycles. The molecule has 0 spiro atoms. The summed E-state index contributed by atoms with van der Waals surface area (Å²) in [6.45, 7) is 8.23. The SMILES string of the molecule is CC(NC(=O)NCc1ccc2occc2c1)c1nc(C(C)(C)C)no1. The summed E-state index contributed by atoms with van der Waals surface area (Å²) in [6, 6.07) is 7.01. The maximum Gasteiger partial charge on any atom is 0.315 e. The van der Waals surface area contributed by atoms with Crippen LogP contribution >= 0.6 is 0 Å². The molecular weight excluding hydrogens is 320 g/mol. The number of benzene rings is 1. The first-order chi connectivity index (χ1) is 11.8. The molecule has 2 N–H and O–H groups in total. The second-order valence-corrected chi connectivity index (χ2v) is 7.05. The summed E-state index contributed by atoms with van der Waals surface area (Å²) in [6.07, 6.45) is 1.65. The predicted molar refractivity (Wildman–Crippen MR) is 93.0 cm³/mol. The highest BCUT2D eigenvalue weighted by Crippen LogP contribution is 2.20. The van der Waals surface area contributed by atoms with Crippen LogP contribution in [0.4, 0.5) is 4.79 Å². The van der Waals surface area contributed by atoms with Crippen LogP contribution in [0.25, 0.3) is 11.0 Å². The molecule has 25 heavy (non-hydrogen) atoms. The van der Waals surface area contributed by atoms with Crippen LogP contribution in [-0.2, 0) is 12.0 Å². The van der Waals surface area contributed by atoms with E-state index in [1.54, 1.807) is 13.2 Å². The van der Waals surface area contributed by atoms with Crippen molar-refractivity contribution in [1.82, 2.24) is 20.8 Å². The molecule has 0 aliphatic heterocycles. The molecule has 7 nitrogen and oxygen atoms in total. The van der Waals surface area contributed by atoms with Gasteiger partial charge in [-0.05, 0) is 30.7 Å². The first kappa shape index (κ1) is 17.0. The average Bonchev–Trinajstić information content (AvgIpc) is 3.21. The molecule has 0 aliphatic rings. The average molecular weight is 342 g/mol. The van der Waals surface area contributed by atoms with E-state index in [1.165, 1.54) is 0 Å². The highest BCUT2D eigenvalue weighted by atomic mass is 16.5. The number of hydrogen-bond acceptors (Lipinski definition) is 5. The maximum absolute atomic E-state index is 12.1. The molecule has 2 heterocycles. The summed E-state index contributed by atoms with van der Waals surface area (Å²) in [5.41, 5.74) is 1.62. The summed E-state index contributed by atoms with van der Waals surface area (Å²) in [5, 5.41) is 10.6. The standard InChI is InChI=1S/C18H22N4O3/c1-11(15-21-16(22-25-15)18(2,3)4)20-17(23)19-10-12-5-6-14-13(9-12)7-8-24-14/h5-9,11H,10H2,1-4H3,(H2,19,20,23). The lowest BCUT2D eigenvalue weighted by atomic mass is 9.96. The largest absolute Gasteiger partial charge is 0.464 e. The number of furan rings is 1. The van der Waals surface area contributed by atoms with Gasteiger partial charge in [-0.25, -0.2) is 4.79 Å². The molecule has 0 aliphatic carbocycles. The van der Waals surface area contributed by atoms with Crippen molar-refractivity contribution in [3.63, 3.8) is 0 Å². The van der Waals surface area contributed by atoms with Crippen molar-refractivity contribution >= 4 is 17.0 Å². The minimum absolute atomic E-state index is 0.199. The van der Waals surface area contributed by atoms with Crippen LogP contribution in [0, 0.1) is 0 Å². The molecule has 3 rings (SSSR count). The van der Waals surface area contributed by atoms with Gasteiger partial charge in [0.05, 0.1) is 6.26 Å². The van der Waals surface area contributed by atoms with Gasteiger partial charge in [0.1, 0.15) is 11.6 Å². The maximum atomic E-state index is 12.1. The number of hydrogen-bond donors (Lipinski definition) is 2. The zero-order chi connectivity index (χ0) is 18.0. The van der Waals surface area contributed by atoms with E-state index in [0.717, 1.165) is 16.5 Å². The van der Waals surface area contributed by atoms with Crippen molar-refractivity contribution in [1.29, 1.82) is 0 Å². The van der Waals surface area contributed by atoms with Gasteiger partial charge in [-0.15, -0.1) is 0 Å². The van der Waals surface area contributed by atoms with Gasteiger partial charge in [0.2, 0.25) is 5.89 Å². The van der Waals surface area contributed by atoms with Crippen molar-refractivity contribution < 1.29 is 13.7 Å². The van der Waals surface area contributed by atoms with Gasteiger partial charge in [-0.2, -0.15) is 4.98 Å². The van der Waals surface area contributed by atoms with E-state index < -0.39 is 0 Å². The van der Waals surface area contributed by atoms with E-state index in [4.69, 9.17) is 8.94 Å². The molecule has 0 fully saturated rings. The van der Waals surface area contributed by atoms with Gasteiger partial charge in [-0.3, -0.25) is 0 Å². The minimum Gasteiger partial charge on any atom is -0.464 e. The molecule has 0 bridgehead atoms. The van der Waals surface area contributed by atoms with E-state index in [0.29, 0.717) is 18.3 Å². The number of carbonyl (C=O) groups excluding carboxylic acids is 1. The van der Waals surface area contributed by atoms with Crippen molar-refractivity contribution in [2.24, 2.45) is 0 Å². The van der Waals surface area contributed by atoms with E-state index in [9.17, 15) is 4.79 Å². The first-order valence-corrected chi connectivity index (χ1v) is 8.17. The third kappa shape index (κ3) is 3.99. The Kier molecular flexibility index (Phi) is 4.48. The Balaban J connectivity index is 1.55. The van der Waals surface area contributed by atoms with Gasteiger partial charge >= 0.3 is 6.03 Å². The quantitative estimate of drug-likeness (QED) is 0.754. The summed E-state index contributed by atoms with van der Waals surface area (Å²) < 4.78 is 10.5. The fourth-order valence-corrected chi connectivity index (χ4v) is 2.33. The molecule has 3 aromatic rings. The van der Waals surface area contributed by atoms with Gasteiger partial charge < -0.3 is 19.6 Å². The van der Waals surface area contributed by atoms with E-state index >= 15 is 0 Å². The zero-order valence-electron chi connectivity index (χ0n) is 14.8. The minimum atomic E-state index is -0.375. The number of urea groups is 1. The normalized spacial score (nSPS) is 13.0. The Bertz CT molecular complexity index is 876. The van der Waals surface area contributed by atoms with Crippen LogP contribution in [-0.4, -0.2) is 16.2 Å². The molecule has 0 saturated heterocycles. The van der Waals surface area contributed by atoms with Crippen LogP contribution in [0.1, 0.15) is 51.0 Å². The van der Waals surface area contributed by atoms with Crippen molar-refractivity contribution in [3.8, 4) is 0 Å². The molecule has 2 amide bonds. The van der Waals surface area contributed by atoms with Crippen LogP contribution in [0.3, 0.4) is 0 Å². The van der Waals surface area contributed by atoms with Gasteiger partial charge in [0.25, 0.3) is 0 Å². The molecular formula is C18H22N4O3. The molecule has 1 atom stereocenters. The second kappa shape index (κ2) is 6.58. The van der Waals surface area contributed by atoms with Crippen LogP contribution < -0.4 is 10.6 Å². The van der Waals surface area contributed by atoms with Crippen molar-refractivity contribution in [2.75, 3.05) is 0 Å². The molecule has 0 radical (unpaired) electrons. The van der Waals surface area contributed by atoms with E-state index in [1.807, 2.05) is 45.0 Å².